The SMILES string of the molecule is CCN(CC)c1cc(NC(C)CCN)ncn1. The second-order valence-electron chi connectivity index (χ2n) is 4.06. The van der Waals surface area contributed by atoms with E-state index in [2.05, 4.69) is 41.0 Å². The first-order chi connectivity index (χ1) is 8.21. The van der Waals surface area contributed by atoms with Crippen LogP contribution in [0, 0.1) is 0 Å². The van der Waals surface area contributed by atoms with Crippen LogP contribution in [0.2, 0.25) is 0 Å². The molecule has 17 heavy (non-hydrogen) atoms. The van der Waals surface area contributed by atoms with Crippen LogP contribution in [0.3, 0.4) is 0 Å². The summed E-state index contributed by atoms with van der Waals surface area (Å²) in [4.78, 5) is 10.7. The lowest BCUT2D eigenvalue weighted by Crippen LogP contribution is -2.24. The van der Waals surface area contributed by atoms with Crippen LogP contribution in [0.25, 0.3) is 0 Å². The fourth-order valence-electron chi connectivity index (χ4n) is 1.72. The lowest BCUT2D eigenvalue weighted by Gasteiger charge is -2.20. The molecular weight excluding hydrogens is 214 g/mol. The Labute approximate surface area is 103 Å². The molecule has 0 aromatic carbocycles. The first kappa shape index (κ1) is 13.7. The van der Waals surface area contributed by atoms with Gasteiger partial charge in [0.25, 0.3) is 0 Å². The summed E-state index contributed by atoms with van der Waals surface area (Å²) in [6.45, 7) is 8.93. The molecule has 96 valence electrons. The Bertz CT molecular complexity index is 324. The van der Waals surface area contributed by atoms with E-state index in [1.54, 1.807) is 6.33 Å². The van der Waals surface area contributed by atoms with Gasteiger partial charge in [0.1, 0.15) is 18.0 Å². The lowest BCUT2D eigenvalue weighted by molar-refractivity contribution is 0.712. The van der Waals surface area contributed by atoms with Crippen molar-refractivity contribution in [2.24, 2.45) is 5.73 Å². The smallest absolute Gasteiger partial charge is 0.134 e. The second-order valence-corrected chi connectivity index (χ2v) is 4.06. The Hall–Kier alpha value is -1.36. The first-order valence-electron chi connectivity index (χ1n) is 6.24. The van der Waals surface area contributed by atoms with Gasteiger partial charge in [-0.3, -0.25) is 0 Å². The maximum Gasteiger partial charge on any atom is 0.134 e. The summed E-state index contributed by atoms with van der Waals surface area (Å²) in [6.07, 6.45) is 2.54. The molecule has 1 unspecified atom stereocenters. The topological polar surface area (TPSA) is 67.1 Å². The molecule has 1 heterocycles. The second kappa shape index (κ2) is 7.06. The first-order valence-corrected chi connectivity index (χ1v) is 6.24. The highest BCUT2D eigenvalue weighted by atomic mass is 15.2. The fourth-order valence-corrected chi connectivity index (χ4v) is 1.72. The number of hydrogen-bond donors (Lipinski definition) is 2. The van der Waals surface area contributed by atoms with Crippen molar-refractivity contribution >= 4 is 11.6 Å². The molecule has 0 aliphatic rings. The van der Waals surface area contributed by atoms with E-state index in [4.69, 9.17) is 5.73 Å². The average molecular weight is 237 g/mol. The van der Waals surface area contributed by atoms with E-state index in [-0.39, 0.29) is 0 Å². The van der Waals surface area contributed by atoms with Gasteiger partial charge in [-0.25, -0.2) is 9.97 Å². The molecule has 0 amide bonds. The van der Waals surface area contributed by atoms with Gasteiger partial charge in [-0.15, -0.1) is 0 Å². The highest BCUT2D eigenvalue weighted by molar-refractivity contribution is 5.48. The fraction of sp³-hybridized carbons (Fsp3) is 0.667. The van der Waals surface area contributed by atoms with Crippen LogP contribution in [0.1, 0.15) is 27.2 Å². The maximum absolute atomic E-state index is 5.52. The van der Waals surface area contributed by atoms with E-state index in [0.29, 0.717) is 12.6 Å². The highest BCUT2D eigenvalue weighted by Crippen LogP contribution is 2.14. The summed E-state index contributed by atoms with van der Waals surface area (Å²) < 4.78 is 0. The number of anilines is 2. The summed E-state index contributed by atoms with van der Waals surface area (Å²) in [5, 5.41) is 3.33. The molecule has 5 nitrogen and oxygen atoms in total. The zero-order valence-electron chi connectivity index (χ0n) is 11.0. The largest absolute Gasteiger partial charge is 0.367 e. The Morgan fingerprint density at radius 2 is 2.06 bits per heavy atom. The van der Waals surface area contributed by atoms with Gasteiger partial charge in [-0.2, -0.15) is 0 Å². The molecule has 0 aliphatic heterocycles. The lowest BCUT2D eigenvalue weighted by atomic mass is 10.2. The van der Waals surface area contributed by atoms with Crippen molar-refractivity contribution in [3.8, 4) is 0 Å². The highest BCUT2D eigenvalue weighted by Gasteiger charge is 2.06. The molecule has 3 N–H and O–H groups in total. The van der Waals surface area contributed by atoms with Crippen LogP contribution < -0.4 is 16.0 Å². The van der Waals surface area contributed by atoms with Gasteiger partial charge in [0.15, 0.2) is 0 Å². The van der Waals surface area contributed by atoms with E-state index >= 15 is 0 Å². The number of nitrogens with zero attached hydrogens (tertiary/aromatic N) is 3. The van der Waals surface area contributed by atoms with Gasteiger partial charge in [0.2, 0.25) is 0 Å². The summed E-state index contributed by atoms with van der Waals surface area (Å²) in [5.41, 5.74) is 5.52. The van der Waals surface area contributed by atoms with E-state index in [0.717, 1.165) is 31.1 Å². The third-order valence-corrected chi connectivity index (χ3v) is 2.73. The number of hydrogen-bond acceptors (Lipinski definition) is 5. The molecule has 1 aromatic heterocycles. The Balaban J connectivity index is 2.71. The van der Waals surface area contributed by atoms with E-state index in [9.17, 15) is 0 Å². The van der Waals surface area contributed by atoms with Crippen LogP contribution >= 0.6 is 0 Å². The number of nitrogens with one attached hydrogen (secondary N) is 1. The number of aromatic nitrogens is 2. The molecule has 1 aromatic rings. The molecule has 5 heteroatoms. The minimum absolute atomic E-state index is 0.333. The van der Waals surface area contributed by atoms with E-state index in [1.165, 1.54) is 0 Å². The Kier molecular flexibility index (Phi) is 5.69. The molecule has 0 bridgehead atoms. The zero-order chi connectivity index (χ0) is 12.7. The van der Waals surface area contributed by atoms with Crippen LogP contribution in [-0.4, -0.2) is 35.6 Å². The van der Waals surface area contributed by atoms with Crippen molar-refractivity contribution in [1.82, 2.24) is 9.97 Å². The van der Waals surface area contributed by atoms with Crippen LogP contribution in [0.15, 0.2) is 12.4 Å². The molecule has 0 fully saturated rings. The quantitative estimate of drug-likeness (QED) is 0.751. The summed E-state index contributed by atoms with van der Waals surface area (Å²) in [7, 11) is 0. The summed E-state index contributed by atoms with van der Waals surface area (Å²) >= 11 is 0. The van der Waals surface area contributed by atoms with Gasteiger partial charge in [-0.05, 0) is 33.7 Å². The molecular formula is C12H23N5. The summed E-state index contributed by atoms with van der Waals surface area (Å²) in [6, 6.07) is 2.32. The van der Waals surface area contributed by atoms with Gasteiger partial charge in [0, 0.05) is 25.2 Å². The van der Waals surface area contributed by atoms with E-state index < -0.39 is 0 Å². The molecule has 1 atom stereocenters. The van der Waals surface area contributed by atoms with Gasteiger partial charge < -0.3 is 16.0 Å². The van der Waals surface area contributed by atoms with Crippen LogP contribution in [-0.2, 0) is 0 Å². The number of rotatable bonds is 7. The molecule has 1 rings (SSSR count). The monoisotopic (exact) mass is 237 g/mol. The van der Waals surface area contributed by atoms with Crippen molar-refractivity contribution < 1.29 is 0 Å². The van der Waals surface area contributed by atoms with Gasteiger partial charge in [0.05, 0.1) is 0 Å². The minimum Gasteiger partial charge on any atom is -0.367 e. The Morgan fingerprint density at radius 1 is 1.35 bits per heavy atom. The molecule has 0 radical (unpaired) electrons. The molecule has 0 aliphatic carbocycles. The van der Waals surface area contributed by atoms with Crippen molar-refractivity contribution in [1.29, 1.82) is 0 Å². The summed E-state index contributed by atoms with van der Waals surface area (Å²) in [5.74, 6) is 1.83. The van der Waals surface area contributed by atoms with Crippen molar-refractivity contribution in [3.05, 3.63) is 12.4 Å². The predicted octanol–water partition coefficient (Wildman–Crippen LogP) is 1.47. The molecule has 0 spiro atoms. The standard InChI is InChI=1S/C12H23N5/c1-4-17(5-2)12-8-11(14-9-15-12)16-10(3)6-7-13/h8-10H,4-7,13H2,1-3H3,(H,14,15,16). The van der Waals surface area contributed by atoms with Gasteiger partial charge >= 0.3 is 0 Å². The maximum atomic E-state index is 5.52. The average Bonchev–Trinajstić information content (AvgIpc) is 2.31. The van der Waals surface area contributed by atoms with Crippen LogP contribution in [0.4, 0.5) is 11.6 Å². The third-order valence-electron chi connectivity index (χ3n) is 2.73. The minimum atomic E-state index is 0.333. The van der Waals surface area contributed by atoms with Gasteiger partial charge in [-0.1, -0.05) is 0 Å². The normalized spacial score (nSPS) is 12.2. The number of nitrogens with two attached hydrogens (primary N) is 1. The third kappa shape index (κ3) is 4.19. The van der Waals surface area contributed by atoms with Crippen molar-refractivity contribution in [2.45, 2.75) is 33.2 Å². The Morgan fingerprint density at radius 3 is 2.65 bits per heavy atom. The van der Waals surface area contributed by atoms with E-state index in [1.807, 2.05) is 6.07 Å². The van der Waals surface area contributed by atoms with Crippen LogP contribution in [0.5, 0.6) is 0 Å². The van der Waals surface area contributed by atoms with Crippen molar-refractivity contribution in [2.75, 3.05) is 29.9 Å². The molecule has 0 saturated heterocycles. The van der Waals surface area contributed by atoms with Crippen molar-refractivity contribution in [3.63, 3.8) is 0 Å². The predicted molar refractivity (Wildman–Crippen MR) is 72.3 cm³/mol. The molecule has 0 saturated carbocycles. The zero-order valence-corrected chi connectivity index (χ0v) is 11.0.